The number of carbonyl (C=O) groups is 1. The lowest BCUT2D eigenvalue weighted by Gasteiger charge is -2.20. The standard InChI is InChI=1S/C24H31N5OS/c1-3-4-16-29(17-13-23(30)26-15-12-21-7-5-6-14-25-21)24-27-22(28-31-24)18-20-10-8-19(2)9-11-20/h5-11,14H,3-4,12-13,15-18H2,1-2H3,(H,26,30). The molecule has 3 rings (SSSR count). The molecule has 6 nitrogen and oxygen atoms in total. The molecule has 0 saturated carbocycles. The van der Waals surface area contributed by atoms with E-state index in [0.29, 0.717) is 19.5 Å². The summed E-state index contributed by atoms with van der Waals surface area (Å²) in [5.41, 5.74) is 3.45. The van der Waals surface area contributed by atoms with Crippen molar-refractivity contribution in [3.63, 3.8) is 0 Å². The number of aryl methyl sites for hydroxylation is 1. The first-order valence-electron chi connectivity index (χ1n) is 10.9. The van der Waals surface area contributed by atoms with Gasteiger partial charge in [0.15, 0.2) is 0 Å². The largest absolute Gasteiger partial charge is 0.356 e. The van der Waals surface area contributed by atoms with E-state index >= 15 is 0 Å². The zero-order chi connectivity index (χ0) is 21.9. The van der Waals surface area contributed by atoms with Crippen LogP contribution >= 0.6 is 11.5 Å². The number of hydrogen-bond acceptors (Lipinski definition) is 6. The summed E-state index contributed by atoms with van der Waals surface area (Å²) in [5, 5.41) is 3.90. The average molecular weight is 438 g/mol. The van der Waals surface area contributed by atoms with Gasteiger partial charge >= 0.3 is 0 Å². The lowest BCUT2D eigenvalue weighted by molar-refractivity contribution is -0.120. The van der Waals surface area contributed by atoms with Crippen LogP contribution in [0.2, 0.25) is 0 Å². The van der Waals surface area contributed by atoms with Gasteiger partial charge in [-0.15, -0.1) is 0 Å². The summed E-state index contributed by atoms with van der Waals surface area (Å²) in [6, 6.07) is 14.3. The Morgan fingerprint density at radius 2 is 1.97 bits per heavy atom. The summed E-state index contributed by atoms with van der Waals surface area (Å²) in [5.74, 6) is 0.895. The van der Waals surface area contributed by atoms with Crippen LogP contribution in [0.25, 0.3) is 0 Å². The third-order valence-electron chi connectivity index (χ3n) is 5.03. The molecule has 0 atom stereocenters. The van der Waals surface area contributed by atoms with Gasteiger partial charge in [-0.2, -0.15) is 4.37 Å². The second-order valence-electron chi connectivity index (χ2n) is 7.67. The van der Waals surface area contributed by atoms with E-state index in [2.05, 4.69) is 57.7 Å². The maximum atomic E-state index is 12.3. The maximum absolute atomic E-state index is 12.3. The predicted molar refractivity (Wildman–Crippen MR) is 127 cm³/mol. The fourth-order valence-corrected chi connectivity index (χ4v) is 3.92. The van der Waals surface area contributed by atoms with Crippen LogP contribution in [0.4, 0.5) is 5.13 Å². The van der Waals surface area contributed by atoms with Crippen molar-refractivity contribution in [2.24, 2.45) is 0 Å². The minimum Gasteiger partial charge on any atom is -0.356 e. The number of nitrogens with zero attached hydrogens (tertiary/aromatic N) is 4. The number of carbonyl (C=O) groups excluding carboxylic acids is 1. The smallest absolute Gasteiger partial charge is 0.221 e. The van der Waals surface area contributed by atoms with Gasteiger partial charge < -0.3 is 10.2 Å². The van der Waals surface area contributed by atoms with Crippen LogP contribution < -0.4 is 10.2 Å². The van der Waals surface area contributed by atoms with Crippen molar-refractivity contribution < 1.29 is 4.79 Å². The number of unbranched alkanes of at least 4 members (excludes halogenated alkanes) is 1. The fourth-order valence-electron chi connectivity index (χ4n) is 3.19. The molecule has 31 heavy (non-hydrogen) atoms. The number of rotatable bonds is 12. The van der Waals surface area contributed by atoms with Crippen LogP contribution in [0.1, 0.15) is 48.8 Å². The third-order valence-corrected chi connectivity index (χ3v) is 5.85. The van der Waals surface area contributed by atoms with Crippen LogP contribution in [0.15, 0.2) is 48.7 Å². The summed E-state index contributed by atoms with van der Waals surface area (Å²) < 4.78 is 4.55. The van der Waals surface area contributed by atoms with Crippen molar-refractivity contribution in [1.29, 1.82) is 0 Å². The van der Waals surface area contributed by atoms with Crippen molar-refractivity contribution in [3.8, 4) is 0 Å². The van der Waals surface area contributed by atoms with Gasteiger partial charge in [-0.25, -0.2) is 4.98 Å². The molecule has 164 valence electrons. The molecule has 0 spiro atoms. The summed E-state index contributed by atoms with van der Waals surface area (Å²) in [7, 11) is 0. The molecular formula is C24H31N5OS. The molecule has 2 heterocycles. The van der Waals surface area contributed by atoms with Crippen molar-refractivity contribution >= 4 is 22.6 Å². The molecule has 0 aliphatic rings. The second-order valence-corrected chi connectivity index (χ2v) is 8.40. The molecule has 1 aromatic carbocycles. The van der Waals surface area contributed by atoms with Crippen LogP contribution in [0.5, 0.6) is 0 Å². The van der Waals surface area contributed by atoms with Crippen LogP contribution in [-0.2, 0) is 17.6 Å². The van der Waals surface area contributed by atoms with E-state index in [0.717, 1.165) is 48.9 Å². The van der Waals surface area contributed by atoms with Crippen molar-refractivity contribution in [2.45, 2.75) is 46.0 Å². The topological polar surface area (TPSA) is 71.0 Å². The van der Waals surface area contributed by atoms with Gasteiger partial charge in [0.05, 0.1) is 0 Å². The van der Waals surface area contributed by atoms with Gasteiger partial charge in [-0.05, 0) is 31.0 Å². The number of nitrogens with one attached hydrogen (secondary N) is 1. The number of aromatic nitrogens is 3. The van der Waals surface area contributed by atoms with Gasteiger partial charge in [-0.1, -0.05) is 49.2 Å². The van der Waals surface area contributed by atoms with Gasteiger partial charge in [0.25, 0.3) is 0 Å². The number of benzene rings is 1. The molecule has 0 radical (unpaired) electrons. The lowest BCUT2D eigenvalue weighted by Crippen LogP contribution is -2.32. The Bertz CT molecular complexity index is 927. The Morgan fingerprint density at radius 1 is 1.13 bits per heavy atom. The highest BCUT2D eigenvalue weighted by Crippen LogP contribution is 2.20. The van der Waals surface area contributed by atoms with E-state index in [-0.39, 0.29) is 5.91 Å². The number of hydrogen-bond donors (Lipinski definition) is 1. The second kappa shape index (κ2) is 12.2. The minimum absolute atomic E-state index is 0.0572. The summed E-state index contributed by atoms with van der Waals surface area (Å²) in [4.78, 5) is 23.6. The molecule has 0 aliphatic heterocycles. The minimum atomic E-state index is 0.0572. The van der Waals surface area contributed by atoms with E-state index < -0.39 is 0 Å². The van der Waals surface area contributed by atoms with Crippen molar-refractivity contribution in [2.75, 3.05) is 24.5 Å². The molecule has 0 fully saturated rings. The van der Waals surface area contributed by atoms with Gasteiger partial charge in [0.2, 0.25) is 11.0 Å². The molecule has 7 heteroatoms. The van der Waals surface area contributed by atoms with Crippen LogP contribution in [0, 0.1) is 6.92 Å². The van der Waals surface area contributed by atoms with Crippen molar-refractivity contribution in [3.05, 3.63) is 71.3 Å². The zero-order valence-corrected chi connectivity index (χ0v) is 19.2. The summed E-state index contributed by atoms with van der Waals surface area (Å²) in [6.45, 7) is 6.39. The first-order chi connectivity index (χ1) is 15.1. The molecule has 1 N–H and O–H groups in total. The van der Waals surface area contributed by atoms with Gasteiger partial charge in [-0.3, -0.25) is 9.78 Å². The van der Waals surface area contributed by atoms with Crippen molar-refractivity contribution in [1.82, 2.24) is 19.7 Å². The van der Waals surface area contributed by atoms with Crippen LogP contribution in [-0.4, -0.2) is 39.9 Å². The highest BCUT2D eigenvalue weighted by molar-refractivity contribution is 7.09. The Balaban J connectivity index is 1.50. The van der Waals surface area contributed by atoms with Gasteiger partial charge in [0, 0.05) is 62.3 Å². The predicted octanol–water partition coefficient (Wildman–Crippen LogP) is 4.19. The highest BCUT2D eigenvalue weighted by atomic mass is 32.1. The molecule has 2 aromatic heterocycles. The van der Waals surface area contributed by atoms with E-state index in [1.54, 1.807) is 6.20 Å². The summed E-state index contributed by atoms with van der Waals surface area (Å²) >= 11 is 1.42. The quantitative estimate of drug-likeness (QED) is 0.460. The molecule has 3 aromatic rings. The first kappa shape index (κ1) is 22.9. The molecular weight excluding hydrogens is 406 g/mol. The van der Waals surface area contributed by atoms with E-state index in [9.17, 15) is 4.79 Å². The Hall–Kier alpha value is -2.80. The normalized spacial score (nSPS) is 10.8. The van der Waals surface area contributed by atoms with Crippen LogP contribution in [0.3, 0.4) is 0 Å². The number of amides is 1. The SMILES string of the molecule is CCCCN(CCC(=O)NCCc1ccccn1)c1nc(Cc2ccc(C)cc2)ns1. The van der Waals surface area contributed by atoms with E-state index in [4.69, 9.17) is 4.98 Å². The third kappa shape index (κ3) is 7.75. The average Bonchev–Trinajstić information content (AvgIpc) is 3.24. The van der Waals surface area contributed by atoms with Gasteiger partial charge in [0.1, 0.15) is 5.82 Å². The lowest BCUT2D eigenvalue weighted by atomic mass is 10.1. The fraction of sp³-hybridized carbons (Fsp3) is 0.417. The molecule has 0 saturated heterocycles. The first-order valence-corrected chi connectivity index (χ1v) is 11.7. The zero-order valence-electron chi connectivity index (χ0n) is 18.4. The molecule has 0 unspecified atom stereocenters. The Labute approximate surface area is 188 Å². The van der Waals surface area contributed by atoms with E-state index in [1.165, 1.54) is 22.7 Å². The number of pyridine rings is 1. The highest BCUT2D eigenvalue weighted by Gasteiger charge is 2.14. The Morgan fingerprint density at radius 3 is 2.71 bits per heavy atom. The summed E-state index contributed by atoms with van der Waals surface area (Å²) in [6.07, 6.45) is 5.85. The number of anilines is 1. The molecule has 0 bridgehead atoms. The van der Waals surface area contributed by atoms with E-state index in [1.807, 2.05) is 18.2 Å². The monoisotopic (exact) mass is 437 g/mol. The molecule has 1 amide bonds. The maximum Gasteiger partial charge on any atom is 0.221 e. The Kier molecular flexibility index (Phi) is 8.97. The molecule has 0 aliphatic carbocycles.